The van der Waals surface area contributed by atoms with E-state index in [0.29, 0.717) is 17.1 Å². The van der Waals surface area contributed by atoms with Gasteiger partial charge in [0.15, 0.2) is 0 Å². The third kappa shape index (κ3) is 3.36. The van der Waals surface area contributed by atoms with Gasteiger partial charge in [0.05, 0.1) is 10.6 Å². The van der Waals surface area contributed by atoms with Crippen LogP contribution in [-0.4, -0.2) is 17.4 Å². The Bertz CT molecular complexity index is 596. The molecule has 0 radical (unpaired) electrons. The Labute approximate surface area is 124 Å². The molecule has 0 spiro atoms. The van der Waals surface area contributed by atoms with Crippen molar-refractivity contribution in [3.63, 3.8) is 0 Å². The minimum atomic E-state index is -0.179. The summed E-state index contributed by atoms with van der Waals surface area (Å²) in [6.45, 7) is 4.72. The molecule has 1 amide bonds. The molecule has 3 nitrogen and oxygen atoms in total. The molecular formula is C16H17ClN2O. The predicted octanol–water partition coefficient (Wildman–Crippen LogP) is 3.44. The Hall–Kier alpha value is -1.87. The number of carbonyl (C=O) groups is 1. The van der Waals surface area contributed by atoms with Crippen LogP contribution in [0.4, 0.5) is 0 Å². The van der Waals surface area contributed by atoms with Gasteiger partial charge in [-0.05, 0) is 11.6 Å². The molecule has 2 rings (SSSR count). The first-order valence-electron chi connectivity index (χ1n) is 6.44. The van der Waals surface area contributed by atoms with E-state index < -0.39 is 0 Å². The smallest absolute Gasteiger partial charge is 0.252 e. The molecular weight excluding hydrogens is 272 g/mol. The van der Waals surface area contributed by atoms with E-state index in [1.807, 2.05) is 18.2 Å². The summed E-state index contributed by atoms with van der Waals surface area (Å²) < 4.78 is 0. The number of nitrogens with one attached hydrogen (secondary N) is 1. The topological polar surface area (TPSA) is 42.0 Å². The fourth-order valence-electron chi connectivity index (χ4n) is 1.95. The Morgan fingerprint density at radius 3 is 2.60 bits per heavy atom. The summed E-state index contributed by atoms with van der Waals surface area (Å²) in [4.78, 5) is 16.0. The van der Waals surface area contributed by atoms with Crippen molar-refractivity contribution in [2.75, 3.05) is 6.54 Å². The zero-order valence-corrected chi connectivity index (χ0v) is 12.3. The van der Waals surface area contributed by atoms with Gasteiger partial charge in [-0.15, -0.1) is 0 Å². The number of nitrogens with zero attached hydrogens (tertiary/aromatic N) is 1. The van der Waals surface area contributed by atoms with Crippen LogP contribution in [0.15, 0.2) is 48.8 Å². The number of benzene rings is 1. The maximum absolute atomic E-state index is 12.1. The SMILES string of the molecule is CC(C)(CNC(=O)c1ccncc1Cl)c1ccccc1. The number of hydrogen-bond donors (Lipinski definition) is 1. The fourth-order valence-corrected chi connectivity index (χ4v) is 2.15. The molecule has 0 bridgehead atoms. The van der Waals surface area contributed by atoms with Crippen LogP contribution in [0.2, 0.25) is 5.02 Å². The monoisotopic (exact) mass is 288 g/mol. The van der Waals surface area contributed by atoms with Gasteiger partial charge >= 0.3 is 0 Å². The molecule has 1 aromatic heterocycles. The molecule has 0 aliphatic heterocycles. The Balaban J connectivity index is 2.05. The Morgan fingerprint density at radius 1 is 1.25 bits per heavy atom. The summed E-state index contributed by atoms with van der Waals surface area (Å²) in [7, 11) is 0. The van der Waals surface area contributed by atoms with E-state index in [0.717, 1.165) is 0 Å². The molecule has 20 heavy (non-hydrogen) atoms. The number of carbonyl (C=O) groups excluding carboxylic acids is 1. The normalized spacial score (nSPS) is 11.2. The molecule has 0 saturated heterocycles. The Morgan fingerprint density at radius 2 is 1.95 bits per heavy atom. The molecule has 1 aromatic carbocycles. The van der Waals surface area contributed by atoms with Crippen LogP contribution in [0.3, 0.4) is 0 Å². The third-order valence-corrected chi connectivity index (χ3v) is 3.56. The highest BCUT2D eigenvalue weighted by Crippen LogP contribution is 2.22. The second kappa shape index (κ2) is 6.06. The van der Waals surface area contributed by atoms with Gasteiger partial charge in [0.2, 0.25) is 0 Å². The largest absolute Gasteiger partial charge is 0.351 e. The maximum Gasteiger partial charge on any atom is 0.252 e. The number of rotatable bonds is 4. The molecule has 0 saturated carbocycles. The summed E-state index contributed by atoms with van der Waals surface area (Å²) in [5, 5.41) is 3.29. The Kier molecular flexibility index (Phi) is 4.40. The van der Waals surface area contributed by atoms with Gasteiger partial charge < -0.3 is 5.32 Å². The van der Waals surface area contributed by atoms with E-state index in [2.05, 4.69) is 36.3 Å². The molecule has 0 unspecified atom stereocenters. The van der Waals surface area contributed by atoms with Gasteiger partial charge in [0.25, 0.3) is 5.91 Å². The second-order valence-electron chi connectivity index (χ2n) is 5.29. The van der Waals surface area contributed by atoms with Gasteiger partial charge in [-0.3, -0.25) is 9.78 Å². The van der Waals surface area contributed by atoms with Crippen molar-refractivity contribution < 1.29 is 4.79 Å². The van der Waals surface area contributed by atoms with E-state index in [-0.39, 0.29) is 11.3 Å². The molecule has 0 atom stereocenters. The van der Waals surface area contributed by atoms with E-state index in [4.69, 9.17) is 11.6 Å². The summed E-state index contributed by atoms with van der Waals surface area (Å²) in [5.74, 6) is -0.179. The van der Waals surface area contributed by atoms with Crippen molar-refractivity contribution in [1.82, 2.24) is 10.3 Å². The van der Waals surface area contributed by atoms with E-state index in [1.165, 1.54) is 11.8 Å². The van der Waals surface area contributed by atoms with Gasteiger partial charge in [-0.25, -0.2) is 0 Å². The highest BCUT2D eigenvalue weighted by molar-refractivity contribution is 6.33. The van der Waals surface area contributed by atoms with Gasteiger partial charge in [-0.2, -0.15) is 0 Å². The number of aromatic nitrogens is 1. The zero-order valence-electron chi connectivity index (χ0n) is 11.6. The third-order valence-electron chi connectivity index (χ3n) is 3.26. The quantitative estimate of drug-likeness (QED) is 0.936. The minimum Gasteiger partial charge on any atom is -0.351 e. The van der Waals surface area contributed by atoms with Crippen LogP contribution in [0, 0.1) is 0 Å². The van der Waals surface area contributed by atoms with Crippen LogP contribution < -0.4 is 5.32 Å². The standard InChI is InChI=1S/C16H17ClN2O/c1-16(2,12-6-4-3-5-7-12)11-19-15(20)13-8-9-18-10-14(13)17/h3-10H,11H2,1-2H3,(H,19,20). The first kappa shape index (κ1) is 14.5. The molecule has 0 fully saturated rings. The van der Waals surface area contributed by atoms with Crippen molar-refractivity contribution in [1.29, 1.82) is 0 Å². The second-order valence-corrected chi connectivity index (χ2v) is 5.70. The van der Waals surface area contributed by atoms with E-state index >= 15 is 0 Å². The van der Waals surface area contributed by atoms with Gasteiger partial charge in [-0.1, -0.05) is 55.8 Å². The van der Waals surface area contributed by atoms with Gasteiger partial charge in [0, 0.05) is 24.4 Å². The predicted molar refractivity (Wildman–Crippen MR) is 81.0 cm³/mol. The fraction of sp³-hybridized carbons (Fsp3) is 0.250. The van der Waals surface area contributed by atoms with Gasteiger partial charge in [0.1, 0.15) is 0 Å². The van der Waals surface area contributed by atoms with Crippen molar-refractivity contribution in [2.45, 2.75) is 19.3 Å². The summed E-state index contributed by atoms with van der Waals surface area (Å²) in [6.07, 6.45) is 3.03. The number of halogens is 1. The summed E-state index contributed by atoms with van der Waals surface area (Å²) >= 11 is 5.96. The van der Waals surface area contributed by atoms with Crippen LogP contribution >= 0.6 is 11.6 Å². The lowest BCUT2D eigenvalue weighted by molar-refractivity contribution is 0.0945. The molecule has 104 valence electrons. The summed E-state index contributed by atoms with van der Waals surface area (Å²) in [6, 6.07) is 11.7. The van der Waals surface area contributed by atoms with Crippen LogP contribution in [-0.2, 0) is 5.41 Å². The van der Waals surface area contributed by atoms with Crippen LogP contribution in [0.1, 0.15) is 29.8 Å². The van der Waals surface area contributed by atoms with Crippen molar-refractivity contribution >= 4 is 17.5 Å². The first-order valence-corrected chi connectivity index (χ1v) is 6.82. The van der Waals surface area contributed by atoms with Crippen LogP contribution in [0.5, 0.6) is 0 Å². The molecule has 2 aromatic rings. The number of pyridine rings is 1. The lowest BCUT2D eigenvalue weighted by atomic mass is 9.84. The maximum atomic E-state index is 12.1. The highest BCUT2D eigenvalue weighted by Gasteiger charge is 2.21. The number of hydrogen-bond acceptors (Lipinski definition) is 2. The molecule has 1 N–H and O–H groups in total. The van der Waals surface area contributed by atoms with Crippen molar-refractivity contribution in [2.24, 2.45) is 0 Å². The summed E-state index contributed by atoms with van der Waals surface area (Å²) in [5.41, 5.74) is 1.49. The van der Waals surface area contributed by atoms with Crippen molar-refractivity contribution in [3.8, 4) is 0 Å². The highest BCUT2D eigenvalue weighted by atomic mass is 35.5. The lowest BCUT2D eigenvalue weighted by Crippen LogP contribution is -2.36. The average Bonchev–Trinajstić information content (AvgIpc) is 2.46. The number of amides is 1. The average molecular weight is 289 g/mol. The first-order chi connectivity index (χ1) is 9.50. The lowest BCUT2D eigenvalue weighted by Gasteiger charge is -2.25. The molecule has 4 heteroatoms. The minimum absolute atomic E-state index is 0.142. The molecule has 1 heterocycles. The van der Waals surface area contributed by atoms with Crippen LogP contribution in [0.25, 0.3) is 0 Å². The van der Waals surface area contributed by atoms with Crippen molar-refractivity contribution in [3.05, 3.63) is 64.9 Å². The molecule has 0 aliphatic carbocycles. The zero-order chi connectivity index (χ0) is 14.6. The van der Waals surface area contributed by atoms with E-state index in [9.17, 15) is 4.79 Å². The van der Waals surface area contributed by atoms with E-state index in [1.54, 1.807) is 12.3 Å². The molecule has 0 aliphatic rings.